The van der Waals surface area contributed by atoms with Gasteiger partial charge in [-0.15, -0.1) is 0 Å². The standard InChI is InChI=1S/C25H23BrClN5O3/c1-31(25(33)22-15-34-20-9-4-5-10-21(20)35-22)12-6-11-28-23-13-19(16-7-2-3-8-18(16)27)30-24-17(26)14-29-32(23)24/h2-5,7-10,13-14,22,28H,6,11-12,15H2,1H3. The first-order chi connectivity index (χ1) is 17.0. The number of carbonyl (C=O) groups is 1. The molecule has 0 bridgehead atoms. The number of halogens is 2. The fourth-order valence-electron chi connectivity index (χ4n) is 3.90. The number of para-hydroxylation sites is 2. The van der Waals surface area contributed by atoms with Crippen LogP contribution < -0.4 is 14.8 Å². The first-order valence-electron chi connectivity index (χ1n) is 11.2. The van der Waals surface area contributed by atoms with Gasteiger partial charge in [-0.2, -0.15) is 9.61 Å². The molecule has 1 aliphatic heterocycles. The molecule has 1 amide bonds. The number of carbonyl (C=O) groups excluding carboxylic acids is 1. The third-order valence-corrected chi connectivity index (χ3v) is 6.60. The number of likely N-dealkylation sites (N-methyl/N-ethyl adjacent to an activating group) is 1. The SMILES string of the molecule is CN(CCCNc1cc(-c2ccccc2Cl)nc2c(Br)cnn12)C(=O)C1COc2ccccc2O1. The third kappa shape index (κ3) is 4.92. The Morgan fingerprint density at radius 2 is 2.00 bits per heavy atom. The smallest absolute Gasteiger partial charge is 0.267 e. The van der Waals surface area contributed by atoms with E-state index in [1.54, 1.807) is 28.7 Å². The number of rotatable bonds is 7. The maximum atomic E-state index is 12.8. The predicted octanol–water partition coefficient (Wildman–Crippen LogP) is 4.91. The number of hydrogen-bond donors (Lipinski definition) is 1. The van der Waals surface area contributed by atoms with Crippen molar-refractivity contribution in [3.8, 4) is 22.8 Å². The second kappa shape index (κ2) is 10.1. The van der Waals surface area contributed by atoms with Gasteiger partial charge >= 0.3 is 0 Å². The maximum absolute atomic E-state index is 12.8. The van der Waals surface area contributed by atoms with E-state index in [1.165, 1.54) is 0 Å². The monoisotopic (exact) mass is 555 g/mol. The van der Waals surface area contributed by atoms with Crippen molar-refractivity contribution in [2.45, 2.75) is 12.5 Å². The van der Waals surface area contributed by atoms with Gasteiger partial charge in [-0.3, -0.25) is 4.79 Å². The zero-order valence-corrected chi connectivity index (χ0v) is 21.3. The van der Waals surface area contributed by atoms with Crippen molar-refractivity contribution >= 4 is 44.9 Å². The third-order valence-electron chi connectivity index (χ3n) is 5.72. The van der Waals surface area contributed by atoms with Gasteiger partial charge in [-0.1, -0.05) is 41.9 Å². The molecule has 2 aromatic carbocycles. The van der Waals surface area contributed by atoms with Crippen LogP contribution in [0, 0.1) is 0 Å². The van der Waals surface area contributed by atoms with Crippen LogP contribution in [0.1, 0.15) is 6.42 Å². The van der Waals surface area contributed by atoms with Gasteiger partial charge < -0.3 is 19.7 Å². The molecule has 4 aromatic rings. The van der Waals surface area contributed by atoms with Crippen LogP contribution in [0.15, 0.2) is 65.3 Å². The summed E-state index contributed by atoms with van der Waals surface area (Å²) in [6, 6.07) is 16.9. The van der Waals surface area contributed by atoms with Crippen LogP contribution >= 0.6 is 27.5 Å². The summed E-state index contributed by atoms with van der Waals surface area (Å²) < 4.78 is 14.0. The van der Waals surface area contributed by atoms with E-state index in [2.05, 4.69) is 26.3 Å². The maximum Gasteiger partial charge on any atom is 0.267 e. The molecule has 10 heteroatoms. The van der Waals surface area contributed by atoms with Crippen molar-refractivity contribution in [3.05, 3.63) is 70.3 Å². The zero-order chi connectivity index (χ0) is 24.4. The summed E-state index contributed by atoms with van der Waals surface area (Å²) in [5, 5.41) is 8.46. The highest BCUT2D eigenvalue weighted by atomic mass is 79.9. The number of nitrogens with zero attached hydrogens (tertiary/aromatic N) is 4. The molecule has 0 saturated carbocycles. The van der Waals surface area contributed by atoms with Gasteiger partial charge in [0.1, 0.15) is 12.4 Å². The van der Waals surface area contributed by atoms with Crippen molar-refractivity contribution in [3.63, 3.8) is 0 Å². The fraction of sp³-hybridized carbons (Fsp3) is 0.240. The lowest BCUT2D eigenvalue weighted by Gasteiger charge is -2.28. The molecule has 180 valence electrons. The first kappa shape index (κ1) is 23.4. The molecule has 1 N–H and O–H groups in total. The minimum atomic E-state index is -0.651. The van der Waals surface area contributed by atoms with Crippen LogP contribution in [-0.4, -0.2) is 58.3 Å². The Kier molecular flexibility index (Phi) is 6.79. The summed E-state index contributed by atoms with van der Waals surface area (Å²) in [5.74, 6) is 1.93. The molecule has 0 aliphatic carbocycles. The molecule has 0 fully saturated rings. The molecule has 0 spiro atoms. The van der Waals surface area contributed by atoms with Crippen LogP contribution in [0.5, 0.6) is 11.5 Å². The van der Waals surface area contributed by atoms with E-state index < -0.39 is 6.10 Å². The molecule has 1 atom stereocenters. The van der Waals surface area contributed by atoms with Crippen molar-refractivity contribution in [1.82, 2.24) is 19.5 Å². The van der Waals surface area contributed by atoms with E-state index in [4.69, 9.17) is 26.1 Å². The van der Waals surface area contributed by atoms with Crippen LogP contribution in [0.25, 0.3) is 16.9 Å². The number of amides is 1. The summed E-state index contributed by atoms with van der Waals surface area (Å²) in [6.45, 7) is 1.38. The minimum Gasteiger partial charge on any atom is -0.485 e. The van der Waals surface area contributed by atoms with E-state index in [0.717, 1.165) is 28.0 Å². The molecular weight excluding hydrogens is 534 g/mol. The average molecular weight is 557 g/mol. The quantitative estimate of drug-likeness (QED) is 0.326. The minimum absolute atomic E-state index is 0.109. The molecule has 1 unspecified atom stereocenters. The second-order valence-electron chi connectivity index (χ2n) is 8.14. The molecule has 3 heterocycles. The number of ether oxygens (including phenoxy) is 2. The molecular formula is C25H23BrClN5O3. The Morgan fingerprint density at radius 3 is 2.83 bits per heavy atom. The Morgan fingerprint density at radius 1 is 1.23 bits per heavy atom. The highest BCUT2D eigenvalue weighted by Gasteiger charge is 2.29. The van der Waals surface area contributed by atoms with Gasteiger partial charge in [-0.25, -0.2) is 4.98 Å². The first-order valence-corrected chi connectivity index (χ1v) is 12.3. The lowest BCUT2D eigenvalue weighted by atomic mass is 10.1. The van der Waals surface area contributed by atoms with Crippen LogP contribution in [-0.2, 0) is 4.79 Å². The number of nitrogens with one attached hydrogen (secondary N) is 1. The fourth-order valence-corrected chi connectivity index (χ4v) is 4.48. The van der Waals surface area contributed by atoms with Gasteiger partial charge in [0, 0.05) is 36.8 Å². The van der Waals surface area contributed by atoms with Gasteiger partial charge in [0.15, 0.2) is 17.1 Å². The zero-order valence-electron chi connectivity index (χ0n) is 18.9. The Hall–Kier alpha value is -3.30. The number of fused-ring (bicyclic) bond motifs is 2. The van der Waals surface area contributed by atoms with Gasteiger partial charge in [0.05, 0.1) is 16.4 Å². The largest absolute Gasteiger partial charge is 0.485 e. The predicted molar refractivity (Wildman–Crippen MR) is 138 cm³/mol. The number of aromatic nitrogens is 3. The summed E-state index contributed by atoms with van der Waals surface area (Å²) in [7, 11) is 1.77. The van der Waals surface area contributed by atoms with E-state index in [0.29, 0.717) is 35.3 Å². The molecule has 0 radical (unpaired) electrons. The van der Waals surface area contributed by atoms with Crippen molar-refractivity contribution in [1.29, 1.82) is 0 Å². The van der Waals surface area contributed by atoms with Crippen molar-refractivity contribution < 1.29 is 14.3 Å². The summed E-state index contributed by atoms with van der Waals surface area (Å²) >= 11 is 9.93. The van der Waals surface area contributed by atoms with Gasteiger partial charge in [0.2, 0.25) is 6.10 Å². The lowest BCUT2D eigenvalue weighted by molar-refractivity contribution is -0.139. The van der Waals surface area contributed by atoms with Crippen molar-refractivity contribution in [2.24, 2.45) is 0 Å². The summed E-state index contributed by atoms with van der Waals surface area (Å²) in [4.78, 5) is 19.2. The number of hydrogen-bond acceptors (Lipinski definition) is 6. The highest BCUT2D eigenvalue weighted by Crippen LogP contribution is 2.32. The summed E-state index contributed by atoms with van der Waals surface area (Å²) in [5.41, 5.74) is 2.27. The molecule has 5 rings (SSSR count). The molecule has 0 saturated heterocycles. The molecule has 1 aliphatic rings. The molecule has 2 aromatic heterocycles. The topological polar surface area (TPSA) is 81.0 Å². The molecule has 35 heavy (non-hydrogen) atoms. The Labute approximate surface area is 215 Å². The Bertz CT molecular complexity index is 1380. The van der Waals surface area contributed by atoms with E-state index in [9.17, 15) is 4.79 Å². The summed E-state index contributed by atoms with van der Waals surface area (Å²) in [6.07, 6.45) is 1.78. The van der Waals surface area contributed by atoms with Gasteiger partial charge in [-0.05, 0) is 40.5 Å². The highest BCUT2D eigenvalue weighted by molar-refractivity contribution is 9.10. The van der Waals surface area contributed by atoms with E-state index in [-0.39, 0.29) is 12.5 Å². The van der Waals surface area contributed by atoms with Crippen LogP contribution in [0.2, 0.25) is 5.02 Å². The Balaban J connectivity index is 1.22. The van der Waals surface area contributed by atoms with Gasteiger partial charge in [0.25, 0.3) is 5.91 Å². The van der Waals surface area contributed by atoms with Crippen LogP contribution in [0.4, 0.5) is 5.82 Å². The van der Waals surface area contributed by atoms with E-state index in [1.807, 2.05) is 48.5 Å². The normalized spacial score (nSPS) is 14.7. The second-order valence-corrected chi connectivity index (χ2v) is 9.40. The average Bonchev–Trinajstić information content (AvgIpc) is 3.26. The number of anilines is 1. The van der Waals surface area contributed by atoms with E-state index >= 15 is 0 Å². The van der Waals surface area contributed by atoms with Crippen LogP contribution in [0.3, 0.4) is 0 Å². The molecule has 8 nitrogen and oxygen atoms in total. The van der Waals surface area contributed by atoms with Crippen molar-refractivity contribution in [2.75, 3.05) is 32.1 Å². The number of benzene rings is 2. The lowest BCUT2D eigenvalue weighted by Crippen LogP contribution is -2.45.